The highest BCUT2D eigenvalue weighted by molar-refractivity contribution is 7.99. The summed E-state index contributed by atoms with van der Waals surface area (Å²) in [7, 11) is 0. The molecule has 1 aliphatic rings. The highest BCUT2D eigenvalue weighted by Crippen LogP contribution is 2.29. The molecule has 1 saturated heterocycles. The molecular weight excluding hydrogens is 256 g/mol. The van der Waals surface area contributed by atoms with Crippen LogP contribution in [0, 0.1) is 11.3 Å². The van der Waals surface area contributed by atoms with E-state index in [2.05, 4.69) is 15.6 Å². The molecule has 0 bridgehead atoms. The molecule has 2 N–H and O–H groups in total. The van der Waals surface area contributed by atoms with Gasteiger partial charge < -0.3 is 10.3 Å². The molecule has 1 aliphatic heterocycles. The van der Waals surface area contributed by atoms with Crippen molar-refractivity contribution in [3.8, 4) is 6.07 Å². The SMILES string of the molecule is N#Cc1cccc2c1nc(N)n2CC1CCCCS1. The highest BCUT2D eigenvalue weighted by Gasteiger charge is 2.18. The summed E-state index contributed by atoms with van der Waals surface area (Å²) >= 11 is 2.02. The van der Waals surface area contributed by atoms with Gasteiger partial charge in [-0.1, -0.05) is 12.5 Å². The minimum atomic E-state index is 0.517. The fraction of sp³-hybridized carbons (Fsp3) is 0.429. The predicted molar refractivity (Wildman–Crippen MR) is 79.0 cm³/mol. The molecule has 0 saturated carbocycles. The molecule has 1 aromatic heterocycles. The van der Waals surface area contributed by atoms with E-state index in [9.17, 15) is 0 Å². The van der Waals surface area contributed by atoms with Crippen LogP contribution in [0.15, 0.2) is 18.2 Å². The summed E-state index contributed by atoms with van der Waals surface area (Å²) in [5.41, 5.74) is 8.32. The molecule has 0 amide bonds. The van der Waals surface area contributed by atoms with Gasteiger partial charge in [0, 0.05) is 11.8 Å². The summed E-state index contributed by atoms with van der Waals surface area (Å²) in [6, 6.07) is 7.85. The molecule has 19 heavy (non-hydrogen) atoms. The Morgan fingerprint density at radius 3 is 3.11 bits per heavy atom. The molecule has 3 rings (SSSR count). The Hall–Kier alpha value is -1.67. The van der Waals surface area contributed by atoms with E-state index in [4.69, 9.17) is 11.0 Å². The van der Waals surface area contributed by atoms with Crippen LogP contribution in [-0.4, -0.2) is 20.6 Å². The van der Waals surface area contributed by atoms with Gasteiger partial charge in [0.15, 0.2) is 0 Å². The highest BCUT2D eigenvalue weighted by atomic mass is 32.2. The number of fused-ring (bicyclic) bond motifs is 1. The van der Waals surface area contributed by atoms with Crippen molar-refractivity contribution >= 4 is 28.7 Å². The van der Waals surface area contributed by atoms with Gasteiger partial charge in [-0.3, -0.25) is 0 Å². The van der Waals surface area contributed by atoms with Crippen LogP contribution in [0.4, 0.5) is 5.95 Å². The summed E-state index contributed by atoms with van der Waals surface area (Å²) in [4.78, 5) is 4.36. The lowest BCUT2D eigenvalue weighted by Gasteiger charge is -2.22. The number of hydrogen-bond acceptors (Lipinski definition) is 4. The third-order valence-electron chi connectivity index (χ3n) is 3.59. The first-order valence-corrected chi connectivity index (χ1v) is 7.61. The molecule has 0 aliphatic carbocycles. The fourth-order valence-corrected chi connectivity index (χ4v) is 3.89. The molecule has 1 unspecified atom stereocenters. The lowest BCUT2D eigenvalue weighted by Crippen LogP contribution is -2.18. The topological polar surface area (TPSA) is 67.6 Å². The molecule has 0 spiro atoms. The van der Waals surface area contributed by atoms with E-state index in [0.717, 1.165) is 17.6 Å². The van der Waals surface area contributed by atoms with Crippen LogP contribution in [0.3, 0.4) is 0 Å². The van der Waals surface area contributed by atoms with Gasteiger partial charge in [0.2, 0.25) is 5.95 Å². The lowest BCUT2D eigenvalue weighted by molar-refractivity contribution is 0.595. The summed E-state index contributed by atoms with van der Waals surface area (Å²) in [6.45, 7) is 0.891. The zero-order chi connectivity index (χ0) is 13.2. The zero-order valence-electron chi connectivity index (χ0n) is 10.7. The van der Waals surface area contributed by atoms with Crippen LogP contribution >= 0.6 is 11.8 Å². The van der Waals surface area contributed by atoms with Crippen LogP contribution in [-0.2, 0) is 6.54 Å². The van der Waals surface area contributed by atoms with Gasteiger partial charge >= 0.3 is 0 Å². The molecule has 2 heterocycles. The maximum absolute atomic E-state index is 9.11. The second kappa shape index (κ2) is 5.14. The summed E-state index contributed by atoms with van der Waals surface area (Å²) in [6.07, 6.45) is 3.86. The predicted octanol–water partition coefficient (Wildman–Crippen LogP) is 2.78. The Labute approximate surface area is 116 Å². The minimum Gasteiger partial charge on any atom is -0.369 e. The second-order valence-corrected chi connectivity index (χ2v) is 6.26. The first-order valence-electron chi connectivity index (χ1n) is 6.56. The molecule has 98 valence electrons. The molecule has 5 heteroatoms. The average molecular weight is 272 g/mol. The Bertz CT molecular complexity index is 635. The number of para-hydroxylation sites is 1. The van der Waals surface area contributed by atoms with Crippen molar-refractivity contribution in [3.05, 3.63) is 23.8 Å². The third kappa shape index (κ3) is 2.28. The number of nitrogen functional groups attached to an aromatic ring is 1. The Morgan fingerprint density at radius 2 is 2.37 bits per heavy atom. The van der Waals surface area contributed by atoms with Crippen molar-refractivity contribution in [3.63, 3.8) is 0 Å². The van der Waals surface area contributed by atoms with Crippen molar-refractivity contribution < 1.29 is 0 Å². The summed E-state index contributed by atoms with van der Waals surface area (Å²) < 4.78 is 2.05. The van der Waals surface area contributed by atoms with Crippen LogP contribution < -0.4 is 5.73 Å². The van der Waals surface area contributed by atoms with Crippen LogP contribution in [0.25, 0.3) is 11.0 Å². The normalized spacial score (nSPS) is 19.4. The smallest absolute Gasteiger partial charge is 0.201 e. The van der Waals surface area contributed by atoms with Gasteiger partial charge in [-0.25, -0.2) is 4.98 Å². The van der Waals surface area contributed by atoms with E-state index in [-0.39, 0.29) is 0 Å². The van der Waals surface area contributed by atoms with Crippen molar-refractivity contribution in [1.82, 2.24) is 9.55 Å². The Balaban J connectivity index is 1.99. The Morgan fingerprint density at radius 1 is 1.47 bits per heavy atom. The second-order valence-electron chi connectivity index (χ2n) is 4.85. The largest absolute Gasteiger partial charge is 0.369 e. The van der Waals surface area contributed by atoms with Gasteiger partial charge in [0.1, 0.15) is 11.6 Å². The fourth-order valence-electron chi connectivity index (χ4n) is 2.60. The number of anilines is 1. The quantitative estimate of drug-likeness (QED) is 0.912. The van der Waals surface area contributed by atoms with E-state index in [1.807, 2.05) is 23.9 Å². The van der Waals surface area contributed by atoms with Crippen molar-refractivity contribution in [2.24, 2.45) is 0 Å². The number of hydrogen-bond donors (Lipinski definition) is 1. The standard InChI is InChI=1S/C14H16N4S/c15-8-10-4-3-6-12-13(10)17-14(16)18(12)9-11-5-1-2-7-19-11/h3-4,6,11H,1-2,5,7,9H2,(H2,16,17). The van der Waals surface area contributed by atoms with Crippen molar-refractivity contribution in [1.29, 1.82) is 5.26 Å². The number of imidazole rings is 1. The number of nitrogens with zero attached hydrogens (tertiary/aromatic N) is 3. The number of rotatable bonds is 2. The van der Waals surface area contributed by atoms with Crippen molar-refractivity contribution in [2.45, 2.75) is 31.1 Å². The number of nitrogens with two attached hydrogens (primary N) is 1. The Kier molecular flexibility index (Phi) is 3.34. The van der Waals surface area contributed by atoms with E-state index < -0.39 is 0 Å². The van der Waals surface area contributed by atoms with Gasteiger partial charge in [0.25, 0.3) is 0 Å². The van der Waals surface area contributed by atoms with Gasteiger partial charge in [-0.15, -0.1) is 0 Å². The third-order valence-corrected chi connectivity index (χ3v) is 4.97. The van der Waals surface area contributed by atoms with E-state index in [1.54, 1.807) is 6.07 Å². The monoisotopic (exact) mass is 272 g/mol. The van der Waals surface area contributed by atoms with E-state index >= 15 is 0 Å². The van der Waals surface area contributed by atoms with Gasteiger partial charge in [-0.2, -0.15) is 17.0 Å². The molecular formula is C14H16N4S. The minimum absolute atomic E-state index is 0.517. The first-order chi connectivity index (χ1) is 9.29. The van der Waals surface area contributed by atoms with Crippen molar-refractivity contribution in [2.75, 3.05) is 11.5 Å². The van der Waals surface area contributed by atoms with E-state index in [0.29, 0.717) is 16.8 Å². The molecule has 1 atom stereocenters. The number of aromatic nitrogens is 2. The van der Waals surface area contributed by atoms with E-state index in [1.165, 1.54) is 25.0 Å². The maximum Gasteiger partial charge on any atom is 0.201 e. The molecule has 1 fully saturated rings. The zero-order valence-corrected chi connectivity index (χ0v) is 11.5. The molecule has 2 aromatic rings. The maximum atomic E-state index is 9.11. The first kappa shape index (κ1) is 12.4. The number of nitriles is 1. The number of thioether (sulfide) groups is 1. The molecule has 0 radical (unpaired) electrons. The van der Waals surface area contributed by atoms with Gasteiger partial charge in [-0.05, 0) is 30.7 Å². The molecule has 1 aromatic carbocycles. The van der Waals surface area contributed by atoms with Crippen LogP contribution in [0.1, 0.15) is 24.8 Å². The lowest BCUT2D eigenvalue weighted by atomic mass is 10.2. The van der Waals surface area contributed by atoms with Crippen LogP contribution in [0.2, 0.25) is 0 Å². The molecule has 4 nitrogen and oxygen atoms in total. The van der Waals surface area contributed by atoms with Crippen LogP contribution in [0.5, 0.6) is 0 Å². The summed E-state index contributed by atoms with van der Waals surface area (Å²) in [5, 5.41) is 9.72. The van der Waals surface area contributed by atoms with Gasteiger partial charge in [0.05, 0.1) is 11.1 Å². The number of benzene rings is 1. The summed E-state index contributed by atoms with van der Waals surface area (Å²) in [5.74, 6) is 1.75. The average Bonchev–Trinajstić information content (AvgIpc) is 2.76.